The Morgan fingerprint density at radius 3 is 2.42 bits per heavy atom. The zero-order valence-corrected chi connectivity index (χ0v) is 20.4. The number of methoxy groups -OCH3 is 1. The molecule has 1 aromatic heterocycles. The average Bonchev–Trinajstić information content (AvgIpc) is 3.32. The molecule has 1 aliphatic rings. The molecule has 2 aromatic carbocycles. The summed E-state index contributed by atoms with van der Waals surface area (Å²) in [5, 5.41) is 0.690. The minimum atomic E-state index is -4.82. The number of allylic oxidation sites excluding steroid dienone is 2. The second kappa shape index (κ2) is 10.5. The molecule has 36 heavy (non-hydrogen) atoms. The number of hydrogen-bond donors (Lipinski definition) is 0. The molecule has 0 atom stereocenters. The Kier molecular flexibility index (Phi) is 7.57. The smallest absolute Gasteiger partial charge is 0.434 e. The summed E-state index contributed by atoms with van der Waals surface area (Å²) in [5.74, 6) is -1.21. The van der Waals surface area contributed by atoms with Crippen molar-refractivity contribution in [2.45, 2.75) is 32.0 Å². The van der Waals surface area contributed by atoms with E-state index in [2.05, 4.69) is 9.72 Å². The SMILES string of the molecule is COC(=O)c1cc(C2=C(c3cc(Cl)ccc3OCc3ccc(Cl)cc3F)CCC2)cnc1C(F)(F)F. The Hall–Kier alpha value is -3.10. The molecule has 0 N–H and O–H groups in total. The fraction of sp³-hybridized carbons (Fsp3) is 0.231. The van der Waals surface area contributed by atoms with Gasteiger partial charge in [0.2, 0.25) is 0 Å². The molecule has 4 nitrogen and oxygen atoms in total. The van der Waals surface area contributed by atoms with Gasteiger partial charge in [-0.05, 0) is 72.4 Å². The number of nitrogens with zero attached hydrogens (tertiary/aromatic N) is 1. The lowest BCUT2D eigenvalue weighted by Gasteiger charge is -2.16. The molecule has 3 aromatic rings. The topological polar surface area (TPSA) is 48.4 Å². The monoisotopic (exact) mass is 539 g/mol. The van der Waals surface area contributed by atoms with Crippen LogP contribution in [0.15, 0.2) is 48.7 Å². The number of halogens is 6. The molecule has 0 spiro atoms. The van der Waals surface area contributed by atoms with E-state index in [0.29, 0.717) is 45.9 Å². The minimum Gasteiger partial charge on any atom is -0.488 e. The highest BCUT2D eigenvalue weighted by Gasteiger charge is 2.38. The molecule has 0 amide bonds. The Morgan fingerprint density at radius 1 is 1.03 bits per heavy atom. The minimum absolute atomic E-state index is 0.0748. The lowest BCUT2D eigenvalue weighted by molar-refractivity contribution is -0.141. The summed E-state index contributed by atoms with van der Waals surface area (Å²) in [7, 11) is 1.01. The van der Waals surface area contributed by atoms with Gasteiger partial charge in [0.25, 0.3) is 0 Å². The van der Waals surface area contributed by atoms with Gasteiger partial charge in [0.1, 0.15) is 18.2 Å². The maximum absolute atomic E-state index is 14.2. The van der Waals surface area contributed by atoms with Crippen LogP contribution in [-0.4, -0.2) is 18.1 Å². The van der Waals surface area contributed by atoms with Crippen molar-refractivity contribution in [2.75, 3.05) is 7.11 Å². The highest BCUT2D eigenvalue weighted by Crippen LogP contribution is 2.44. The number of carbonyl (C=O) groups is 1. The van der Waals surface area contributed by atoms with E-state index in [-0.39, 0.29) is 11.6 Å². The zero-order chi connectivity index (χ0) is 26.0. The van der Waals surface area contributed by atoms with Crippen molar-refractivity contribution in [2.24, 2.45) is 0 Å². The number of aromatic nitrogens is 1. The fourth-order valence-electron chi connectivity index (χ4n) is 4.14. The van der Waals surface area contributed by atoms with Gasteiger partial charge in [-0.15, -0.1) is 0 Å². The van der Waals surface area contributed by atoms with Crippen molar-refractivity contribution in [3.05, 3.63) is 92.5 Å². The third-order valence-corrected chi connectivity index (χ3v) is 6.26. The molecule has 0 unspecified atom stereocenters. The van der Waals surface area contributed by atoms with E-state index in [1.165, 1.54) is 12.1 Å². The molecule has 0 radical (unpaired) electrons. The number of hydrogen-bond acceptors (Lipinski definition) is 4. The summed E-state index contributed by atoms with van der Waals surface area (Å²) in [6.07, 6.45) is -1.86. The Bertz CT molecular complexity index is 1360. The summed E-state index contributed by atoms with van der Waals surface area (Å²) in [5.41, 5.74) is 0.828. The lowest BCUT2D eigenvalue weighted by atomic mass is 9.96. The average molecular weight is 540 g/mol. The zero-order valence-electron chi connectivity index (χ0n) is 18.9. The number of rotatable bonds is 6. The number of carbonyl (C=O) groups excluding carboxylic acids is 1. The van der Waals surface area contributed by atoms with E-state index in [1.807, 2.05) is 0 Å². The van der Waals surface area contributed by atoms with Gasteiger partial charge < -0.3 is 9.47 Å². The Labute approximate surface area is 214 Å². The summed E-state index contributed by atoms with van der Waals surface area (Å²) in [6, 6.07) is 10.4. The van der Waals surface area contributed by atoms with E-state index in [9.17, 15) is 22.4 Å². The van der Waals surface area contributed by atoms with Crippen molar-refractivity contribution < 1.29 is 31.8 Å². The van der Waals surface area contributed by atoms with Gasteiger partial charge in [-0.3, -0.25) is 4.98 Å². The van der Waals surface area contributed by atoms with Crippen LogP contribution in [-0.2, 0) is 17.5 Å². The van der Waals surface area contributed by atoms with Gasteiger partial charge in [-0.25, -0.2) is 9.18 Å². The van der Waals surface area contributed by atoms with Crippen LogP contribution in [0.5, 0.6) is 5.75 Å². The number of benzene rings is 2. The van der Waals surface area contributed by atoms with Crippen LogP contribution in [0.4, 0.5) is 17.6 Å². The summed E-state index contributed by atoms with van der Waals surface area (Å²) in [6.45, 7) is -0.0748. The van der Waals surface area contributed by atoms with Crippen LogP contribution in [0.3, 0.4) is 0 Å². The molecular formula is C26H19Cl2F4NO3. The van der Waals surface area contributed by atoms with E-state index < -0.39 is 29.2 Å². The number of alkyl halides is 3. The quantitative estimate of drug-likeness (QED) is 0.235. The van der Waals surface area contributed by atoms with Gasteiger partial charge in [0, 0.05) is 27.4 Å². The van der Waals surface area contributed by atoms with Crippen molar-refractivity contribution >= 4 is 40.3 Å². The van der Waals surface area contributed by atoms with Gasteiger partial charge in [0.15, 0.2) is 5.69 Å². The molecule has 1 heterocycles. The highest BCUT2D eigenvalue weighted by molar-refractivity contribution is 6.31. The largest absolute Gasteiger partial charge is 0.488 e. The first kappa shape index (κ1) is 26.0. The summed E-state index contributed by atoms with van der Waals surface area (Å²) >= 11 is 12.1. The molecule has 0 fully saturated rings. The van der Waals surface area contributed by atoms with E-state index >= 15 is 0 Å². The third kappa shape index (κ3) is 5.50. The molecule has 0 saturated carbocycles. The molecule has 4 rings (SSSR count). The lowest BCUT2D eigenvalue weighted by Crippen LogP contribution is -2.17. The van der Waals surface area contributed by atoms with E-state index in [0.717, 1.165) is 31.4 Å². The normalized spacial score (nSPS) is 13.8. The number of esters is 1. The van der Waals surface area contributed by atoms with Gasteiger partial charge in [-0.1, -0.05) is 29.3 Å². The van der Waals surface area contributed by atoms with Crippen LogP contribution in [0.2, 0.25) is 10.0 Å². The third-order valence-electron chi connectivity index (χ3n) is 5.79. The Morgan fingerprint density at radius 2 is 1.72 bits per heavy atom. The number of pyridine rings is 1. The predicted octanol–water partition coefficient (Wildman–Crippen LogP) is 8.01. The first-order valence-electron chi connectivity index (χ1n) is 10.8. The second-order valence-electron chi connectivity index (χ2n) is 8.09. The second-order valence-corrected chi connectivity index (χ2v) is 8.96. The molecular weight excluding hydrogens is 521 g/mol. The van der Waals surface area contributed by atoms with Gasteiger partial charge >= 0.3 is 12.1 Å². The summed E-state index contributed by atoms with van der Waals surface area (Å²) in [4.78, 5) is 15.7. The predicted molar refractivity (Wildman–Crippen MR) is 128 cm³/mol. The highest BCUT2D eigenvalue weighted by atomic mass is 35.5. The van der Waals surface area contributed by atoms with Crippen molar-refractivity contribution in [3.63, 3.8) is 0 Å². The molecule has 188 valence electrons. The van der Waals surface area contributed by atoms with Crippen molar-refractivity contribution in [1.82, 2.24) is 4.98 Å². The molecule has 10 heteroatoms. The van der Waals surface area contributed by atoms with E-state index in [1.54, 1.807) is 24.3 Å². The van der Waals surface area contributed by atoms with Gasteiger partial charge in [-0.2, -0.15) is 13.2 Å². The maximum atomic E-state index is 14.2. The van der Waals surface area contributed by atoms with Crippen LogP contribution in [0, 0.1) is 5.82 Å². The van der Waals surface area contributed by atoms with Crippen LogP contribution >= 0.6 is 23.2 Å². The van der Waals surface area contributed by atoms with Crippen molar-refractivity contribution in [1.29, 1.82) is 0 Å². The van der Waals surface area contributed by atoms with Crippen molar-refractivity contribution in [3.8, 4) is 5.75 Å². The Balaban J connectivity index is 1.76. The van der Waals surface area contributed by atoms with Crippen LogP contribution in [0.25, 0.3) is 11.1 Å². The van der Waals surface area contributed by atoms with Crippen LogP contribution in [0.1, 0.15) is 52.0 Å². The molecule has 0 aliphatic heterocycles. The van der Waals surface area contributed by atoms with Crippen LogP contribution < -0.4 is 4.74 Å². The first-order valence-corrected chi connectivity index (χ1v) is 11.6. The number of ether oxygens (including phenoxy) is 2. The molecule has 1 aliphatic carbocycles. The molecule has 0 bridgehead atoms. The first-order chi connectivity index (χ1) is 17.1. The fourth-order valence-corrected chi connectivity index (χ4v) is 4.47. The summed E-state index contributed by atoms with van der Waals surface area (Å²) < 4.78 is 65.0. The molecule has 0 saturated heterocycles. The maximum Gasteiger partial charge on any atom is 0.434 e. The van der Waals surface area contributed by atoms with E-state index in [4.69, 9.17) is 27.9 Å². The standard InChI is InChI=1S/C26H19Cl2F4NO3/c1-35-25(34)21-9-15(12-33-24(21)26(30,31)32)18-3-2-4-19(18)20-10-16(27)7-8-23(20)36-13-14-5-6-17(28)11-22(14)29/h5-12H,2-4,13H2,1H3. The van der Waals surface area contributed by atoms with Gasteiger partial charge in [0.05, 0.1) is 12.7 Å².